The van der Waals surface area contributed by atoms with Gasteiger partial charge in [0.15, 0.2) is 0 Å². The summed E-state index contributed by atoms with van der Waals surface area (Å²) in [6.45, 7) is 1.76. The van der Waals surface area contributed by atoms with Crippen molar-refractivity contribution in [2.24, 2.45) is 0 Å². The van der Waals surface area contributed by atoms with Crippen molar-refractivity contribution in [3.8, 4) is 6.07 Å². The van der Waals surface area contributed by atoms with Crippen LogP contribution in [0.25, 0.3) is 0 Å². The Morgan fingerprint density at radius 1 is 1.14 bits per heavy atom. The molecule has 2 aromatic carbocycles. The number of carbonyl (C=O) groups is 2. The maximum Gasteiger partial charge on any atom is 0.253 e. The number of nitriles is 1. The van der Waals surface area contributed by atoms with Gasteiger partial charge in [0.25, 0.3) is 5.91 Å². The second-order valence-electron chi connectivity index (χ2n) is 6.09. The van der Waals surface area contributed by atoms with Gasteiger partial charge in [0.05, 0.1) is 17.3 Å². The summed E-state index contributed by atoms with van der Waals surface area (Å²) in [6, 6.07) is 18.0. The highest BCUT2D eigenvalue weighted by atomic mass is 16.2. The monoisotopic (exact) mass is 374 g/mol. The van der Waals surface area contributed by atoms with Gasteiger partial charge < -0.3 is 10.6 Å². The SMILES string of the molecule is CC(NC(=O)c1ccccc1NC(=O)Cn1cnnc1C#N)c1ccccc1. The Morgan fingerprint density at radius 2 is 1.86 bits per heavy atom. The van der Waals surface area contributed by atoms with Gasteiger partial charge in [-0.05, 0) is 24.6 Å². The van der Waals surface area contributed by atoms with Gasteiger partial charge in [-0.25, -0.2) is 0 Å². The van der Waals surface area contributed by atoms with Crippen LogP contribution in [0.5, 0.6) is 0 Å². The molecule has 0 bridgehead atoms. The van der Waals surface area contributed by atoms with Crippen LogP contribution in [-0.2, 0) is 11.3 Å². The van der Waals surface area contributed by atoms with Crippen LogP contribution in [-0.4, -0.2) is 26.6 Å². The van der Waals surface area contributed by atoms with Crippen LogP contribution in [0.2, 0.25) is 0 Å². The van der Waals surface area contributed by atoms with E-state index in [-0.39, 0.29) is 24.3 Å². The molecule has 1 unspecified atom stereocenters. The number of amides is 2. The third-order valence-electron chi connectivity index (χ3n) is 4.12. The Morgan fingerprint density at radius 3 is 2.61 bits per heavy atom. The molecule has 0 aliphatic heterocycles. The van der Waals surface area contributed by atoms with Gasteiger partial charge in [-0.15, -0.1) is 10.2 Å². The molecule has 0 radical (unpaired) electrons. The maximum absolute atomic E-state index is 12.7. The average molecular weight is 374 g/mol. The normalized spacial score (nSPS) is 11.3. The third kappa shape index (κ3) is 4.40. The molecule has 0 fully saturated rings. The van der Waals surface area contributed by atoms with E-state index < -0.39 is 5.91 Å². The molecule has 1 atom stereocenters. The number of nitrogens with zero attached hydrogens (tertiary/aromatic N) is 4. The number of hydrogen-bond acceptors (Lipinski definition) is 5. The second-order valence-corrected chi connectivity index (χ2v) is 6.09. The predicted octanol–water partition coefficient (Wildman–Crippen LogP) is 2.28. The zero-order valence-corrected chi connectivity index (χ0v) is 15.2. The fourth-order valence-electron chi connectivity index (χ4n) is 2.69. The van der Waals surface area contributed by atoms with Crippen molar-refractivity contribution in [3.63, 3.8) is 0 Å². The summed E-state index contributed by atoms with van der Waals surface area (Å²) >= 11 is 0. The van der Waals surface area contributed by atoms with Crippen LogP contribution in [0.1, 0.15) is 34.7 Å². The molecule has 1 aromatic heterocycles. The first-order valence-electron chi connectivity index (χ1n) is 8.61. The number of anilines is 1. The maximum atomic E-state index is 12.7. The fourth-order valence-corrected chi connectivity index (χ4v) is 2.69. The summed E-state index contributed by atoms with van der Waals surface area (Å²) < 4.78 is 1.33. The van der Waals surface area contributed by atoms with Crippen LogP contribution in [0.4, 0.5) is 5.69 Å². The first-order valence-corrected chi connectivity index (χ1v) is 8.61. The van der Waals surface area contributed by atoms with Crippen LogP contribution in [0.3, 0.4) is 0 Å². The zero-order chi connectivity index (χ0) is 19.9. The van der Waals surface area contributed by atoms with Crippen molar-refractivity contribution >= 4 is 17.5 Å². The highest BCUT2D eigenvalue weighted by molar-refractivity contribution is 6.03. The molecule has 1 heterocycles. The smallest absolute Gasteiger partial charge is 0.253 e. The molecule has 0 saturated carbocycles. The molecule has 8 nitrogen and oxygen atoms in total. The van der Waals surface area contributed by atoms with Gasteiger partial charge in [-0.1, -0.05) is 42.5 Å². The van der Waals surface area contributed by atoms with Crippen LogP contribution in [0, 0.1) is 11.3 Å². The average Bonchev–Trinajstić information content (AvgIpc) is 3.15. The highest BCUT2D eigenvalue weighted by Gasteiger charge is 2.16. The molecule has 0 spiro atoms. The molecule has 3 aromatic rings. The van der Waals surface area contributed by atoms with E-state index >= 15 is 0 Å². The Bertz CT molecular complexity index is 1020. The Hall–Kier alpha value is -3.99. The predicted molar refractivity (Wildman–Crippen MR) is 102 cm³/mol. The fraction of sp³-hybridized carbons (Fsp3) is 0.150. The van der Waals surface area contributed by atoms with Crippen molar-refractivity contribution in [1.29, 1.82) is 5.26 Å². The summed E-state index contributed by atoms with van der Waals surface area (Å²) in [7, 11) is 0. The van der Waals surface area contributed by atoms with Crippen molar-refractivity contribution in [2.45, 2.75) is 19.5 Å². The summed E-state index contributed by atoms with van der Waals surface area (Å²) in [5, 5.41) is 21.8. The number of rotatable bonds is 6. The lowest BCUT2D eigenvalue weighted by Crippen LogP contribution is -2.28. The lowest BCUT2D eigenvalue weighted by molar-refractivity contribution is -0.116. The molecule has 0 aliphatic rings. The van der Waals surface area contributed by atoms with E-state index in [2.05, 4.69) is 20.8 Å². The van der Waals surface area contributed by atoms with E-state index in [4.69, 9.17) is 5.26 Å². The minimum absolute atomic E-state index is 0.0397. The van der Waals surface area contributed by atoms with E-state index in [1.165, 1.54) is 10.9 Å². The zero-order valence-electron chi connectivity index (χ0n) is 15.2. The molecule has 3 rings (SSSR count). The molecular weight excluding hydrogens is 356 g/mol. The lowest BCUT2D eigenvalue weighted by Gasteiger charge is -2.16. The van der Waals surface area contributed by atoms with Gasteiger partial charge in [0, 0.05) is 0 Å². The Labute approximate surface area is 161 Å². The molecule has 2 amide bonds. The van der Waals surface area contributed by atoms with Crippen LogP contribution in [0.15, 0.2) is 60.9 Å². The lowest BCUT2D eigenvalue weighted by atomic mass is 10.1. The van der Waals surface area contributed by atoms with Gasteiger partial charge in [-0.2, -0.15) is 5.26 Å². The summed E-state index contributed by atoms with van der Waals surface area (Å²) in [5.41, 5.74) is 1.72. The molecule has 140 valence electrons. The van der Waals surface area contributed by atoms with Crippen molar-refractivity contribution in [1.82, 2.24) is 20.1 Å². The minimum atomic E-state index is -0.396. The largest absolute Gasteiger partial charge is 0.345 e. The van der Waals surface area contributed by atoms with E-state index in [1.54, 1.807) is 24.3 Å². The highest BCUT2D eigenvalue weighted by Crippen LogP contribution is 2.18. The Balaban J connectivity index is 1.71. The second kappa shape index (κ2) is 8.60. The minimum Gasteiger partial charge on any atom is -0.345 e. The number of carbonyl (C=O) groups excluding carboxylic acids is 2. The van der Waals surface area contributed by atoms with E-state index in [0.717, 1.165) is 5.56 Å². The van der Waals surface area contributed by atoms with E-state index in [1.807, 2.05) is 43.3 Å². The number of para-hydroxylation sites is 1. The molecule has 0 aliphatic carbocycles. The quantitative estimate of drug-likeness (QED) is 0.687. The van der Waals surface area contributed by atoms with Crippen LogP contribution < -0.4 is 10.6 Å². The molecule has 28 heavy (non-hydrogen) atoms. The molecule has 2 N–H and O–H groups in total. The number of aromatic nitrogens is 3. The summed E-state index contributed by atoms with van der Waals surface area (Å²) in [4.78, 5) is 25.1. The van der Waals surface area contributed by atoms with Crippen molar-refractivity contribution < 1.29 is 9.59 Å². The van der Waals surface area contributed by atoms with E-state index in [0.29, 0.717) is 11.3 Å². The summed E-state index contributed by atoms with van der Waals surface area (Å²) in [5.74, 6) is -0.653. The van der Waals surface area contributed by atoms with Gasteiger partial charge >= 0.3 is 0 Å². The Kier molecular flexibility index (Phi) is 5.77. The topological polar surface area (TPSA) is 113 Å². The standard InChI is InChI=1S/C20H18N6O2/c1-14(15-7-3-2-4-8-15)23-20(28)16-9-5-6-10-17(16)24-19(27)12-26-13-22-25-18(26)11-21/h2-10,13-14H,12H2,1H3,(H,23,28)(H,24,27). The number of benzene rings is 2. The number of hydrogen-bond donors (Lipinski definition) is 2. The van der Waals surface area contributed by atoms with Gasteiger partial charge in [-0.3, -0.25) is 14.2 Å². The first-order chi connectivity index (χ1) is 13.6. The van der Waals surface area contributed by atoms with Crippen molar-refractivity contribution in [2.75, 3.05) is 5.32 Å². The van der Waals surface area contributed by atoms with Crippen LogP contribution >= 0.6 is 0 Å². The molecule has 0 saturated heterocycles. The number of nitrogens with one attached hydrogen (secondary N) is 2. The molecule has 8 heteroatoms. The molecular formula is C20H18N6O2. The van der Waals surface area contributed by atoms with Crippen molar-refractivity contribution in [3.05, 3.63) is 77.9 Å². The van der Waals surface area contributed by atoms with Gasteiger partial charge in [0.1, 0.15) is 18.9 Å². The van der Waals surface area contributed by atoms with E-state index in [9.17, 15) is 9.59 Å². The van der Waals surface area contributed by atoms with Gasteiger partial charge in [0.2, 0.25) is 11.7 Å². The summed E-state index contributed by atoms with van der Waals surface area (Å²) in [6.07, 6.45) is 1.30. The first kappa shape index (κ1) is 18.8. The third-order valence-corrected chi connectivity index (χ3v) is 4.12.